The lowest BCUT2D eigenvalue weighted by molar-refractivity contribution is 0.630. The molecule has 0 unspecified atom stereocenters. The Morgan fingerprint density at radius 3 is 2.74 bits per heavy atom. The van der Waals surface area contributed by atoms with Crippen LogP contribution in [-0.4, -0.2) is 0 Å². The fourth-order valence-electron chi connectivity index (χ4n) is 2.36. The van der Waals surface area contributed by atoms with E-state index in [-0.39, 0.29) is 0 Å². The Morgan fingerprint density at radius 2 is 1.84 bits per heavy atom. The first kappa shape index (κ1) is 11.3. The number of para-hydroxylation sites is 1. The lowest BCUT2D eigenvalue weighted by Gasteiger charge is -2.00. The molecule has 0 bridgehead atoms. The average Bonchev–Trinajstić information content (AvgIpc) is 3.04. The van der Waals surface area contributed by atoms with Gasteiger partial charge in [-0.15, -0.1) is 11.3 Å². The van der Waals surface area contributed by atoms with Crippen LogP contribution < -0.4 is 0 Å². The first-order valence-electron chi connectivity index (χ1n) is 5.98. The lowest BCUT2D eigenvalue weighted by Crippen LogP contribution is -1.75. The summed E-state index contributed by atoms with van der Waals surface area (Å²) in [5.41, 5.74) is 2.06. The molecule has 0 fully saturated rings. The zero-order valence-corrected chi connectivity index (χ0v) is 12.3. The number of thiophene rings is 1. The predicted octanol–water partition coefficient (Wildman–Crippen LogP) is 6.08. The van der Waals surface area contributed by atoms with Gasteiger partial charge < -0.3 is 4.42 Å². The molecule has 92 valence electrons. The number of rotatable bonds is 1. The van der Waals surface area contributed by atoms with Crippen LogP contribution in [0.4, 0.5) is 0 Å². The molecule has 2 aromatic carbocycles. The second-order valence-corrected chi connectivity index (χ2v) is 6.09. The molecule has 4 rings (SSSR count). The van der Waals surface area contributed by atoms with E-state index in [1.54, 1.807) is 11.3 Å². The molecule has 0 aliphatic carbocycles. The summed E-state index contributed by atoms with van der Waals surface area (Å²) >= 11 is 5.42. The molecule has 19 heavy (non-hydrogen) atoms. The van der Waals surface area contributed by atoms with Crippen LogP contribution in [0.5, 0.6) is 0 Å². The van der Waals surface area contributed by atoms with Gasteiger partial charge in [0.25, 0.3) is 0 Å². The molecule has 2 heterocycles. The first-order valence-corrected chi connectivity index (χ1v) is 7.65. The van der Waals surface area contributed by atoms with Crippen LogP contribution in [0.3, 0.4) is 0 Å². The molecule has 0 amide bonds. The normalized spacial score (nSPS) is 11.4. The number of hydrogen-bond donors (Lipinski definition) is 0. The van der Waals surface area contributed by atoms with Crippen LogP contribution >= 0.6 is 27.3 Å². The van der Waals surface area contributed by atoms with E-state index in [0.29, 0.717) is 0 Å². The highest BCUT2D eigenvalue weighted by molar-refractivity contribution is 9.10. The number of furan rings is 1. The van der Waals surface area contributed by atoms with Gasteiger partial charge in [-0.2, -0.15) is 0 Å². The summed E-state index contributed by atoms with van der Waals surface area (Å²) in [4.78, 5) is 0. The van der Waals surface area contributed by atoms with Crippen molar-refractivity contribution in [3.8, 4) is 11.3 Å². The summed E-state index contributed by atoms with van der Waals surface area (Å²) < 4.78 is 8.32. The summed E-state index contributed by atoms with van der Waals surface area (Å²) in [6, 6.07) is 16.5. The summed E-state index contributed by atoms with van der Waals surface area (Å²) in [7, 11) is 0. The van der Waals surface area contributed by atoms with Crippen molar-refractivity contribution in [2.24, 2.45) is 0 Å². The van der Waals surface area contributed by atoms with Gasteiger partial charge in [0.2, 0.25) is 0 Å². The summed E-state index contributed by atoms with van der Waals surface area (Å²) in [6.07, 6.45) is 0. The average molecular weight is 329 g/mol. The lowest BCUT2D eigenvalue weighted by atomic mass is 10.1. The predicted molar refractivity (Wildman–Crippen MR) is 84.7 cm³/mol. The molecule has 0 saturated heterocycles. The summed E-state index contributed by atoms with van der Waals surface area (Å²) in [5.74, 6) is 0.911. The Kier molecular flexibility index (Phi) is 2.50. The zero-order valence-electron chi connectivity index (χ0n) is 9.89. The minimum Gasteiger partial charge on any atom is -0.455 e. The van der Waals surface area contributed by atoms with Crippen LogP contribution in [0.15, 0.2) is 62.8 Å². The maximum atomic E-state index is 6.02. The highest BCUT2D eigenvalue weighted by atomic mass is 79.9. The van der Waals surface area contributed by atoms with E-state index in [2.05, 4.69) is 51.6 Å². The van der Waals surface area contributed by atoms with E-state index < -0.39 is 0 Å². The van der Waals surface area contributed by atoms with Crippen molar-refractivity contribution in [1.29, 1.82) is 0 Å². The van der Waals surface area contributed by atoms with Gasteiger partial charge >= 0.3 is 0 Å². The topological polar surface area (TPSA) is 13.1 Å². The number of hydrogen-bond acceptors (Lipinski definition) is 2. The zero-order chi connectivity index (χ0) is 12.8. The van der Waals surface area contributed by atoms with Gasteiger partial charge in [0, 0.05) is 15.6 Å². The van der Waals surface area contributed by atoms with Gasteiger partial charge in [0.1, 0.15) is 5.58 Å². The fraction of sp³-hybridized carbons (Fsp3) is 0. The van der Waals surface area contributed by atoms with E-state index in [1.165, 1.54) is 10.1 Å². The number of halogens is 1. The molecule has 0 atom stereocenters. The van der Waals surface area contributed by atoms with E-state index >= 15 is 0 Å². The van der Waals surface area contributed by atoms with Crippen LogP contribution in [0, 0.1) is 0 Å². The van der Waals surface area contributed by atoms with Crippen molar-refractivity contribution in [1.82, 2.24) is 0 Å². The molecule has 0 radical (unpaired) electrons. The maximum absolute atomic E-state index is 6.02. The van der Waals surface area contributed by atoms with E-state index in [1.807, 2.05) is 18.2 Å². The van der Waals surface area contributed by atoms with Gasteiger partial charge in [-0.3, -0.25) is 0 Å². The van der Waals surface area contributed by atoms with Gasteiger partial charge in [-0.05, 0) is 51.0 Å². The quantitative estimate of drug-likeness (QED) is 0.413. The van der Waals surface area contributed by atoms with Crippen LogP contribution in [0.1, 0.15) is 0 Å². The Balaban J connectivity index is 2.09. The molecule has 4 aromatic rings. The third kappa shape index (κ3) is 1.66. The molecule has 1 nitrogen and oxygen atoms in total. The van der Waals surface area contributed by atoms with Gasteiger partial charge in [-0.25, -0.2) is 0 Å². The molecule has 0 aliphatic heterocycles. The van der Waals surface area contributed by atoms with E-state index in [4.69, 9.17) is 4.42 Å². The summed E-state index contributed by atoms with van der Waals surface area (Å²) in [5, 5.41) is 4.49. The van der Waals surface area contributed by atoms with Crippen LogP contribution in [-0.2, 0) is 0 Å². The van der Waals surface area contributed by atoms with Crippen molar-refractivity contribution in [2.75, 3.05) is 0 Å². The minimum absolute atomic E-state index is 0.911. The largest absolute Gasteiger partial charge is 0.455 e. The third-order valence-electron chi connectivity index (χ3n) is 3.26. The third-order valence-corrected chi connectivity index (χ3v) is 5.01. The number of benzene rings is 2. The molecule has 2 aromatic heterocycles. The van der Waals surface area contributed by atoms with Crippen molar-refractivity contribution in [3.63, 3.8) is 0 Å². The van der Waals surface area contributed by atoms with Crippen LogP contribution in [0.2, 0.25) is 0 Å². The van der Waals surface area contributed by atoms with Gasteiger partial charge in [0.15, 0.2) is 5.76 Å². The minimum atomic E-state index is 0.911. The highest BCUT2D eigenvalue weighted by Gasteiger charge is 2.15. The fourth-order valence-corrected chi connectivity index (χ4v) is 3.89. The highest BCUT2D eigenvalue weighted by Crippen LogP contribution is 2.41. The van der Waals surface area contributed by atoms with Crippen LogP contribution in [0.25, 0.3) is 32.4 Å². The maximum Gasteiger partial charge on any atom is 0.151 e. The van der Waals surface area contributed by atoms with E-state index in [9.17, 15) is 0 Å². The second-order valence-electron chi connectivity index (χ2n) is 4.39. The Morgan fingerprint density at radius 1 is 0.947 bits per heavy atom. The van der Waals surface area contributed by atoms with Crippen molar-refractivity contribution >= 4 is 48.3 Å². The Labute approximate surface area is 122 Å². The van der Waals surface area contributed by atoms with Crippen molar-refractivity contribution in [2.45, 2.75) is 0 Å². The molecule has 3 heteroatoms. The molecular formula is C16H9BrOS. The molecule has 0 N–H and O–H groups in total. The van der Waals surface area contributed by atoms with Crippen molar-refractivity contribution in [3.05, 3.63) is 58.4 Å². The monoisotopic (exact) mass is 328 g/mol. The van der Waals surface area contributed by atoms with Gasteiger partial charge in [-0.1, -0.05) is 24.3 Å². The standard InChI is InChI=1S/C16H9BrOS/c17-14-11-5-1-2-7-13(11)18-15(14)12-6-3-4-10-8-9-19-16(10)12/h1-9H. The summed E-state index contributed by atoms with van der Waals surface area (Å²) in [6.45, 7) is 0. The molecule has 0 aliphatic rings. The Hall–Kier alpha value is -1.58. The van der Waals surface area contributed by atoms with Gasteiger partial charge in [0.05, 0.1) is 4.47 Å². The second kappa shape index (κ2) is 4.22. The number of fused-ring (bicyclic) bond motifs is 2. The molecular weight excluding hydrogens is 320 g/mol. The SMILES string of the molecule is Brc1c(-c2cccc3ccsc23)oc2ccccc12. The van der Waals surface area contributed by atoms with E-state index in [0.717, 1.165) is 26.8 Å². The molecule has 0 saturated carbocycles. The van der Waals surface area contributed by atoms with Crippen molar-refractivity contribution < 1.29 is 4.42 Å². The first-order chi connectivity index (χ1) is 9.34. The smallest absolute Gasteiger partial charge is 0.151 e. The Bertz CT molecular complexity index is 888. The molecule has 0 spiro atoms.